The Kier molecular flexibility index (Phi) is 5.05. The minimum Gasteiger partial charge on any atom is -0.502 e. The summed E-state index contributed by atoms with van der Waals surface area (Å²) in [4.78, 5) is 13.0. The van der Waals surface area contributed by atoms with Crippen molar-refractivity contribution in [3.05, 3.63) is 41.0 Å². The van der Waals surface area contributed by atoms with Gasteiger partial charge in [0.1, 0.15) is 0 Å². The molecule has 11 heteroatoms. The van der Waals surface area contributed by atoms with Crippen molar-refractivity contribution in [3.63, 3.8) is 0 Å². The van der Waals surface area contributed by atoms with E-state index < -0.39 is 39.8 Å². The van der Waals surface area contributed by atoms with Crippen LogP contribution in [0, 0.1) is 11.8 Å². The number of carbonyl (C=O) groups is 1. The zero-order chi connectivity index (χ0) is 23.5. The predicted molar refractivity (Wildman–Crippen MR) is 114 cm³/mol. The monoisotopic (exact) mass is 477 g/mol. The second-order valence-corrected chi connectivity index (χ2v) is 10.1. The molecule has 1 aliphatic carbocycles. The number of carbonyl (C=O) groups excluding carboxylic acids is 1. The molecule has 0 radical (unpaired) electrons. The van der Waals surface area contributed by atoms with Crippen molar-refractivity contribution in [2.24, 2.45) is 11.8 Å². The van der Waals surface area contributed by atoms with Gasteiger partial charge < -0.3 is 28.8 Å². The number of sulfonamides is 1. The van der Waals surface area contributed by atoms with Crippen molar-refractivity contribution in [2.45, 2.75) is 12.0 Å². The molecule has 0 amide bonds. The molecule has 2 heterocycles. The first-order chi connectivity index (χ1) is 15.7. The van der Waals surface area contributed by atoms with Gasteiger partial charge in [0.15, 0.2) is 23.0 Å². The molecule has 2 N–H and O–H groups in total. The summed E-state index contributed by atoms with van der Waals surface area (Å²) in [5.74, 6) is -0.900. The third-order valence-electron chi connectivity index (χ3n) is 6.39. The van der Waals surface area contributed by atoms with E-state index in [1.165, 1.54) is 14.2 Å². The van der Waals surface area contributed by atoms with Crippen molar-refractivity contribution in [1.82, 2.24) is 4.72 Å². The van der Waals surface area contributed by atoms with Crippen LogP contribution in [0.3, 0.4) is 0 Å². The second-order valence-electron chi connectivity index (χ2n) is 8.27. The van der Waals surface area contributed by atoms with Crippen LogP contribution in [0.25, 0.3) is 0 Å². The number of rotatable bonds is 5. The maximum atomic E-state index is 13.0. The highest BCUT2D eigenvalue weighted by Crippen LogP contribution is 2.55. The molecular formula is C22H23NO9S. The van der Waals surface area contributed by atoms with Crippen molar-refractivity contribution < 1.29 is 42.0 Å². The SMILES string of the molecule is COc1cc([C@@H]2c3cc4c(cc3[C@@H](NS(C)(=O)=O)[C@H]3COC(=O)[C@H]23)OCO4)cc(OC)c1O. The Bertz CT molecular complexity index is 1220. The maximum absolute atomic E-state index is 13.0. The molecule has 0 saturated carbocycles. The zero-order valence-corrected chi connectivity index (χ0v) is 19.0. The summed E-state index contributed by atoms with van der Waals surface area (Å²) in [6, 6.07) is 6.11. The highest BCUT2D eigenvalue weighted by Gasteiger charge is 2.53. The fraction of sp³-hybridized carbons (Fsp3) is 0.409. The van der Waals surface area contributed by atoms with Crippen LogP contribution in [0.15, 0.2) is 24.3 Å². The van der Waals surface area contributed by atoms with Gasteiger partial charge in [0.2, 0.25) is 22.6 Å². The van der Waals surface area contributed by atoms with Crippen LogP contribution in [-0.2, 0) is 19.6 Å². The first-order valence-corrected chi connectivity index (χ1v) is 12.1. The lowest BCUT2D eigenvalue weighted by Crippen LogP contribution is -2.42. The summed E-state index contributed by atoms with van der Waals surface area (Å²) in [6.07, 6.45) is 1.08. The van der Waals surface area contributed by atoms with Gasteiger partial charge in [0.05, 0.1) is 39.0 Å². The van der Waals surface area contributed by atoms with E-state index in [-0.39, 0.29) is 30.6 Å². The summed E-state index contributed by atoms with van der Waals surface area (Å²) in [5, 5.41) is 10.4. The van der Waals surface area contributed by atoms with Crippen LogP contribution in [0.4, 0.5) is 0 Å². The Balaban J connectivity index is 1.76. The number of cyclic esters (lactones) is 1. The Morgan fingerprint density at radius 1 is 1.00 bits per heavy atom. The molecule has 176 valence electrons. The van der Waals surface area contributed by atoms with E-state index in [1.807, 2.05) is 0 Å². The molecule has 2 aliphatic heterocycles. The molecule has 3 aliphatic rings. The van der Waals surface area contributed by atoms with Crippen LogP contribution >= 0.6 is 0 Å². The highest BCUT2D eigenvalue weighted by molar-refractivity contribution is 7.88. The molecular weight excluding hydrogens is 454 g/mol. The van der Waals surface area contributed by atoms with Gasteiger partial charge in [-0.25, -0.2) is 13.1 Å². The number of fused-ring (bicyclic) bond motifs is 3. The topological polar surface area (TPSA) is 130 Å². The first-order valence-electron chi connectivity index (χ1n) is 10.2. The van der Waals surface area contributed by atoms with E-state index in [2.05, 4.69) is 4.72 Å². The van der Waals surface area contributed by atoms with Crippen molar-refractivity contribution in [3.8, 4) is 28.7 Å². The van der Waals surface area contributed by atoms with E-state index in [1.54, 1.807) is 24.3 Å². The molecule has 1 fully saturated rings. The van der Waals surface area contributed by atoms with E-state index in [0.717, 1.165) is 6.26 Å². The average molecular weight is 477 g/mol. The summed E-state index contributed by atoms with van der Waals surface area (Å²) in [7, 11) is -0.767. The molecule has 2 aromatic carbocycles. The van der Waals surface area contributed by atoms with Gasteiger partial charge in [0, 0.05) is 11.8 Å². The minimum atomic E-state index is -3.61. The predicted octanol–water partition coefficient (Wildman–Crippen LogP) is 1.66. The molecule has 10 nitrogen and oxygen atoms in total. The molecule has 0 aromatic heterocycles. The van der Waals surface area contributed by atoms with Gasteiger partial charge in [-0.3, -0.25) is 4.79 Å². The Morgan fingerprint density at radius 2 is 1.61 bits per heavy atom. The van der Waals surface area contributed by atoms with Crippen LogP contribution in [0.1, 0.15) is 28.7 Å². The van der Waals surface area contributed by atoms with Crippen LogP contribution in [-0.4, -0.2) is 53.4 Å². The number of esters is 1. The van der Waals surface area contributed by atoms with E-state index >= 15 is 0 Å². The number of ether oxygens (including phenoxy) is 5. The fourth-order valence-corrected chi connectivity index (χ4v) is 5.80. The lowest BCUT2D eigenvalue weighted by Gasteiger charge is -2.39. The smallest absolute Gasteiger partial charge is 0.310 e. The minimum absolute atomic E-state index is 0.0445. The Hall–Kier alpha value is -3.18. The van der Waals surface area contributed by atoms with Gasteiger partial charge in [-0.1, -0.05) is 0 Å². The summed E-state index contributed by atoms with van der Waals surface area (Å²) >= 11 is 0. The number of nitrogens with one attached hydrogen (secondary N) is 1. The average Bonchev–Trinajstić information content (AvgIpc) is 3.38. The van der Waals surface area contributed by atoms with Gasteiger partial charge >= 0.3 is 5.97 Å². The number of methoxy groups -OCH3 is 2. The summed E-state index contributed by atoms with van der Waals surface area (Å²) in [5.41, 5.74) is 2.00. The first kappa shape index (κ1) is 21.7. The molecule has 33 heavy (non-hydrogen) atoms. The third kappa shape index (κ3) is 3.51. The number of phenolic OH excluding ortho intramolecular Hbond substituents is 1. The van der Waals surface area contributed by atoms with Crippen molar-refractivity contribution in [2.75, 3.05) is 33.9 Å². The molecule has 5 rings (SSSR count). The van der Waals surface area contributed by atoms with Crippen molar-refractivity contribution in [1.29, 1.82) is 0 Å². The number of aromatic hydroxyl groups is 1. The molecule has 0 unspecified atom stereocenters. The Labute approximate surface area is 190 Å². The largest absolute Gasteiger partial charge is 0.502 e. The van der Waals surface area contributed by atoms with Crippen molar-refractivity contribution >= 4 is 16.0 Å². The molecule has 1 saturated heterocycles. The summed E-state index contributed by atoms with van der Waals surface area (Å²) in [6.45, 7) is 0.107. The van der Waals surface area contributed by atoms with Gasteiger partial charge in [-0.2, -0.15) is 0 Å². The fourth-order valence-electron chi connectivity index (χ4n) is 5.04. The maximum Gasteiger partial charge on any atom is 0.310 e. The van der Waals surface area contributed by atoms with Crippen LogP contribution < -0.4 is 23.7 Å². The molecule has 4 atom stereocenters. The normalized spacial score (nSPS) is 25.2. The number of benzene rings is 2. The quantitative estimate of drug-likeness (QED) is 0.618. The third-order valence-corrected chi connectivity index (χ3v) is 7.07. The molecule has 2 aromatic rings. The zero-order valence-electron chi connectivity index (χ0n) is 18.2. The van der Waals surface area contributed by atoms with E-state index in [0.29, 0.717) is 28.2 Å². The molecule has 0 spiro atoms. The number of phenols is 1. The number of hydrogen-bond donors (Lipinski definition) is 2. The lowest BCUT2D eigenvalue weighted by atomic mass is 9.65. The van der Waals surface area contributed by atoms with Crippen LogP contribution in [0.2, 0.25) is 0 Å². The second kappa shape index (κ2) is 7.70. The van der Waals surface area contributed by atoms with Gasteiger partial charge in [0.25, 0.3) is 0 Å². The Morgan fingerprint density at radius 3 is 2.18 bits per heavy atom. The number of hydrogen-bond acceptors (Lipinski definition) is 9. The summed E-state index contributed by atoms with van der Waals surface area (Å²) < 4.78 is 54.3. The van der Waals surface area contributed by atoms with Gasteiger partial charge in [-0.05, 0) is 41.0 Å². The standard InChI is InChI=1S/C22H23NO9S/c1-28-16-4-10(5-17(29-2)21(16)24)18-11-6-14-15(32-9-31-14)7-12(11)20(23-33(3,26)27)13-8-30-22(25)19(13)18/h4-7,13,18-20,23-24H,8-9H2,1-3H3/t13-,18+,19-,20+/m0/s1. The molecule has 0 bridgehead atoms. The van der Waals surface area contributed by atoms with E-state index in [9.17, 15) is 18.3 Å². The van der Waals surface area contributed by atoms with Gasteiger partial charge in [-0.15, -0.1) is 0 Å². The lowest BCUT2D eigenvalue weighted by molar-refractivity contribution is -0.141. The van der Waals surface area contributed by atoms with E-state index in [4.69, 9.17) is 23.7 Å². The highest BCUT2D eigenvalue weighted by atomic mass is 32.2. The van der Waals surface area contributed by atoms with Crippen LogP contribution in [0.5, 0.6) is 28.7 Å².